The van der Waals surface area contributed by atoms with Crippen LogP contribution in [0, 0.1) is 23.2 Å². The van der Waals surface area contributed by atoms with Crippen molar-refractivity contribution in [2.45, 2.75) is 52.1 Å². The molecule has 0 spiro atoms. The smallest absolute Gasteiger partial charge is 0.245 e. The average molecular weight is 304 g/mol. The highest BCUT2D eigenvalue weighted by Crippen LogP contribution is 2.53. The van der Waals surface area contributed by atoms with E-state index >= 15 is 0 Å². The molecule has 3 atom stereocenters. The number of amides is 1. The normalized spacial score (nSPS) is 34.0. The van der Waals surface area contributed by atoms with Crippen molar-refractivity contribution < 1.29 is 9.59 Å². The van der Waals surface area contributed by atoms with E-state index in [2.05, 4.69) is 11.4 Å². The van der Waals surface area contributed by atoms with Gasteiger partial charge in [0.2, 0.25) is 5.91 Å². The van der Waals surface area contributed by atoms with Crippen LogP contribution in [0.1, 0.15) is 40.0 Å². The lowest BCUT2D eigenvalue weighted by Crippen LogP contribution is -2.56. The summed E-state index contributed by atoms with van der Waals surface area (Å²) in [5, 5.41) is 3.22. The zero-order valence-corrected chi connectivity index (χ0v) is 14.3. The Morgan fingerprint density at radius 3 is 2.45 bits per heavy atom. The minimum absolute atomic E-state index is 0.0147. The number of nitrogens with zero attached hydrogens (tertiary/aromatic N) is 1. The summed E-state index contributed by atoms with van der Waals surface area (Å²) in [4.78, 5) is 27.1. The fraction of sp³-hybridized carbons (Fsp3) is 0.778. The molecule has 1 amide bonds. The first-order chi connectivity index (χ1) is 10.2. The molecule has 4 rings (SSSR count). The Kier molecular flexibility index (Phi) is 3.71. The molecular formula is C18H28N2O2. The number of carbonyl (C=O) groups is 2. The van der Waals surface area contributed by atoms with Crippen LogP contribution in [0.15, 0.2) is 11.6 Å². The van der Waals surface area contributed by atoms with Gasteiger partial charge < -0.3 is 5.32 Å². The Balaban J connectivity index is 1.70. The third-order valence-corrected chi connectivity index (χ3v) is 5.47. The lowest BCUT2D eigenvalue weighted by atomic mass is 9.71. The second-order valence-electron chi connectivity index (χ2n) is 8.58. The number of likely N-dealkylation sites (N-methyl/N-ethyl adjacent to an activating group) is 1. The van der Waals surface area contributed by atoms with Crippen LogP contribution in [0.2, 0.25) is 0 Å². The summed E-state index contributed by atoms with van der Waals surface area (Å²) in [6.45, 7) is 5.63. The number of nitrogens with one attached hydrogen (secondary N) is 1. The minimum atomic E-state index is -0.693. The van der Waals surface area contributed by atoms with Crippen LogP contribution in [-0.4, -0.2) is 42.8 Å². The van der Waals surface area contributed by atoms with Crippen molar-refractivity contribution in [2.24, 2.45) is 23.2 Å². The minimum Gasteiger partial charge on any atom is -0.350 e. The standard InChI is InChI=1S/C18H28N2O2/c1-18(2,3)16(21)15(20(4)5)17(22)19-14-12-7-10(8-12)6-11-9-13(11)14/h9-10,12-15H,6-8H2,1-5H3,(H,19,22). The van der Waals surface area contributed by atoms with Crippen molar-refractivity contribution >= 4 is 11.7 Å². The molecule has 0 heterocycles. The highest BCUT2D eigenvalue weighted by atomic mass is 16.2. The van der Waals surface area contributed by atoms with Crippen LogP contribution in [0.25, 0.3) is 0 Å². The number of hydrogen-bond donors (Lipinski definition) is 1. The van der Waals surface area contributed by atoms with Gasteiger partial charge in [0, 0.05) is 17.4 Å². The molecule has 22 heavy (non-hydrogen) atoms. The van der Waals surface area contributed by atoms with Gasteiger partial charge in [-0.1, -0.05) is 32.4 Å². The molecule has 0 saturated heterocycles. The quantitative estimate of drug-likeness (QED) is 0.638. The molecule has 3 saturated carbocycles. The first-order valence-electron chi connectivity index (χ1n) is 8.40. The number of carbonyl (C=O) groups excluding carboxylic acids is 2. The van der Waals surface area contributed by atoms with Gasteiger partial charge in [0.15, 0.2) is 5.78 Å². The topological polar surface area (TPSA) is 49.4 Å². The summed E-state index contributed by atoms with van der Waals surface area (Å²) < 4.78 is 0. The molecule has 122 valence electrons. The maximum Gasteiger partial charge on any atom is 0.245 e. The Bertz CT molecular complexity index is 522. The van der Waals surface area contributed by atoms with Crippen LogP contribution >= 0.6 is 0 Å². The highest BCUT2D eigenvalue weighted by molar-refractivity contribution is 6.07. The molecular weight excluding hydrogens is 276 g/mol. The summed E-state index contributed by atoms with van der Waals surface area (Å²) in [5.41, 5.74) is 1.01. The van der Waals surface area contributed by atoms with Gasteiger partial charge in [0.25, 0.3) is 0 Å². The SMILES string of the molecule is CN(C)C(C(=O)NC1C2CC(CC3=CC31)C2)C(=O)C(C)(C)C. The van der Waals surface area contributed by atoms with Crippen molar-refractivity contribution in [1.29, 1.82) is 0 Å². The predicted octanol–water partition coefficient (Wildman–Crippen LogP) is 2.00. The van der Waals surface area contributed by atoms with Gasteiger partial charge in [0.05, 0.1) is 0 Å². The molecule has 4 aliphatic carbocycles. The Morgan fingerprint density at radius 1 is 1.27 bits per heavy atom. The van der Waals surface area contributed by atoms with Gasteiger partial charge in [-0.25, -0.2) is 0 Å². The summed E-state index contributed by atoms with van der Waals surface area (Å²) in [6.07, 6.45) is 6.00. The zero-order chi connectivity index (χ0) is 16.2. The van der Waals surface area contributed by atoms with E-state index in [1.54, 1.807) is 19.0 Å². The maximum atomic E-state index is 12.8. The van der Waals surface area contributed by atoms with Crippen LogP contribution < -0.4 is 5.32 Å². The second kappa shape index (κ2) is 5.19. The molecule has 4 aliphatic rings. The maximum absolute atomic E-state index is 12.8. The number of rotatable bonds is 4. The van der Waals surface area contributed by atoms with Gasteiger partial charge in [-0.3, -0.25) is 14.5 Å². The molecule has 4 heteroatoms. The van der Waals surface area contributed by atoms with Gasteiger partial charge >= 0.3 is 0 Å². The largest absolute Gasteiger partial charge is 0.350 e. The molecule has 1 N–H and O–H groups in total. The van der Waals surface area contributed by atoms with Gasteiger partial charge in [-0.2, -0.15) is 0 Å². The van der Waals surface area contributed by atoms with Crippen molar-refractivity contribution in [1.82, 2.24) is 10.2 Å². The molecule has 0 aromatic heterocycles. The molecule has 2 bridgehead atoms. The average Bonchev–Trinajstić information content (AvgIpc) is 3.08. The fourth-order valence-electron chi connectivity index (χ4n) is 4.04. The molecule has 0 aromatic rings. The Hall–Kier alpha value is -1.16. The lowest BCUT2D eigenvalue weighted by molar-refractivity contribution is -0.140. The van der Waals surface area contributed by atoms with Gasteiger partial charge in [0.1, 0.15) is 6.04 Å². The summed E-state index contributed by atoms with van der Waals surface area (Å²) in [5.74, 6) is 1.76. The van der Waals surface area contributed by atoms with E-state index < -0.39 is 11.5 Å². The van der Waals surface area contributed by atoms with Crippen molar-refractivity contribution in [3.8, 4) is 0 Å². The third-order valence-electron chi connectivity index (χ3n) is 5.47. The molecule has 0 aliphatic heterocycles. The van der Waals surface area contributed by atoms with E-state index in [1.807, 2.05) is 20.8 Å². The molecule has 0 radical (unpaired) electrons. The fourth-order valence-corrected chi connectivity index (χ4v) is 4.04. The van der Waals surface area contributed by atoms with Crippen molar-refractivity contribution in [3.63, 3.8) is 0 Å². The van der Waals surface area contributed by atoms with E-state index in [0.29, 0.717) is 11.8 Å². The summed E-state index contributed by atoms with van der Waals surface area (Å²) >= 11 is 0. The third kappa shape index (κ3) is 2.73. The molecule has 4 nitrogen and oxygen atoms in total. The predicted molar refractivity (Wildman–Crippen MR) is 86.3 cm³/mol. The summed E-state index contributed by atoms with van der Waals surface area (Å²) in [6, 6.07) is -0.474. The highest BCUT2D eigenvalue weighted by Gasteiger charge is 2.50. The summed E-state index contributed by atoms with van der Waals surface area (Å²) in [7, 11) is 3.61. The van der Waals surface area contributed by atoms with Gasteiger partial charge in [-0.05, 0) is 45.2 Å². The number of hydrogen-bond acceptors (Lipinski definition) is 3. The number of Topliss-reactive ketones (excluding diaryl/α,β-unsaturated/α-hetero) is 1. The zero-order valence-electron chi connectivity index (χ0n) is 14.3. The number of ketones is 1. The van der Waals surface area contributed by atoms with E-state index in [1.165, 1.54) is 24.8 Å². The van der Waals surface area contributed by atoms with Gasteiger partial charge in [-0.15, -0.1) is 0 Å². The van der Waals surface area contributed by atoms with E-state index in [-0.39, 0.29) is 17.7 Å². The Labute approximate surface area is 133 Å². The van der Waals surface area contributed by atoms with E-state index in [0.717, 1.165) is 5.92 Å². The van der Waals surface area contributed by atoms with Crippen LogP contribution in [-0.2, 0) is 9.59 Å². The van der Waals surface area contributed by atoms with Crippen LogP contribution in [0.5, 0.6) is 0 Å². The van der Waals surface area contributed by atoms with E-state index in [9.17, 15) is 9.59 Å². The van der Waals surface area contributed by atoms with Crippen molar-refractivity contribution in [3.05, 3.63) is 11.6 Å². The molecule has 0 aromatic carbocycles. The first-order valence-corrected chi connectivity index (χ1v) is 8.40. The van der Waals surface area contributed by atoms with Crippen molar-refractivity contribution in [2.75, 3.05) is 14.1 Å². The second-order valence-corrected chi connectivity index (χ2v) is 8.58. The molecule has 3 unspecified atom stereocenters. The van der Waals surface area contributed by atoms with E-state index in [4.69, 9.17) is 0 Å². The monoisotopic (exact) mass is 304 g/mol. The Morgan fingerprint density at radius 2 is 1.91 bits per heavy atom. The molecule has 3 fully saturated rings. The first kappa shape index (κ1) is 15.7. The lowest BCUT2D eigenvalue weighted by Gasteiger charge is -2.39. The van der Waals surface area contributed by atoms with Crippen LogP contribution in [0.4, 0.5) is 0 Å². The van der Waals surface area contributed by atoms with Crippen LogP contribution in [0.3, 0.4) is 0 Å².